The number of hydrogen-bond donors (Lipinski definition) is 12. The molecule has 2 atom stereocenters. The van der Waals surface area contributed by atoms with Gasteiger partial charge in [0.1, 0.15) is 57.2 Å². The number of nitrogens with one attached hydrogen (secondary N) is 8. The van der Waals surface area contributed by atoms with Crippen molar-refractivity contribution in [2.45, 2.75) is 63.9 Å². The Morgan fingerprint density at radius 3 is 1.39 bits per heavy atom. The third kappa shape index (κ3) is 11.5. The molecule has 0 fully saturated rings. The van der Waals surface area contributed by atoms with Gasteiger partial charge in [-0.05, 0) is 120 Å². The standard InChI is InChI=1S/2C29H23FN8O7/c30-17-5-1-12(7-15(17)11-32-22-21(31)23(39)24(22)40)10-33-26(42)20-9-19(35-28-36-37-29(45)38(20)28)25(41)34-18-6-3-13-8-14(27(43)44)2-4-16(13)18;30-17-5-1-12(7-15(17)11-32-22-21(31)23(39)24(22)40)10-33-25(41)19-9-20(38-28(35-19)36-37-29(38)45)26(42)34-18-6-3-13-8-14(27(43)44)2-4-16(13)18/h1-2,4-5,7-9,18,32H,3,6,10-11,31H2,(H,33,42)(H,34,41)(H,37,45)(H,43,44);1-2,4-5,7-9,18,32H,3,6,10-11,31H2,(H,33,41)(H,34,42)(H,37,45)(H,43,44)/t2*18-/m00/s1. The van der Waals surface area contributed by atoms with Crippen molar-refractivity contribution < 1.29 is 47.8 Å². The summed E-state index contributed by atoms with van der Waals surface area (Å²) in [6, 6.07) is 18.8. The number of carbonyl (C=O) groups is 6. The van der Waals surface area contributed by atoms with Crippen LogP contribution in [0.1, 0.15) is 132 Å². The van der Waals surface area contributed by atoms with Gasteiger partial charge in [-0.25, -0.2) is 56.9 Å². The molecule has 30 nitrogen and oxygen atoms in total. The van der Waals surface area contributed by atoms with Crippen LogP contribution in [0.3, 0.4) is 0 Å². The molecule has 0 saturated heterocycles. The number of rotatable bonds is 18. The molecule has 4 aromatic heterocycles. The van der Waals surface area contributed by atoms with Crippen molar-refractivity contribution in [2.24, 2.45) is 0 Å². The molecule has 90 heavy (non-hydrogen) atoms. The molecule has 0 unspecified atom stereocenters. The number of halogens is 2. The minimum atomic E-state index is -1.06. The van der Waals surface area contributed by atoms with E-state index in [0.717, 1.165) is 43.2 Å². The van der Waals surface area contributed by atoms with Crippen LogP contribution < -0.4 is 76.5 Å². The molecule has 4 amide bonds. The summed E-state index contributed by atoms with van der Waals surface area (Å²) in [6.07, 6.45) is 2.12. The van der Waals surface area contributed by atoms with E-state index in [2.05, 4.69) is 62.3 Å². The number of carbonyl (C=O) groups excluding carboxylic acids is 4. The van der Waals surface area contributed by atoms with Crippen molar-refractivity contribution in [2.75, 3.05) is 22.1 Å². The Morgan fingerprint density at radius 2 is 0.944 bits per heavy atom. The lowest BCUT2D eigenvalue weighted by atomic mass is 10.0. The van der Waals surface area contributed by atoms with Crippen molar-refractivity contribution >= 4 is 69.9 Å². The Morgan fingerprint density at radius 1 is 0.522 bits per heavy atom. The zero-order valence-electron chi connectivity index (χ0n) is 46.3. The highest BCUT2D eigenvalue weighted by molar-refractivity contribution is 5.99. The van der Waals surface area contributed by atoms with Crippen LogP contribution in [0.4, 0.5) is 31.5 Å². The van der Waals surface area contributed by atoms with Gasteiger partial charge in [0.05, 0.1) is 23.2 Å². The van der Waals surface area contributed by atoms with Gasteiger partial charge in [0.2, 0.25) is 0 Å². The van der Waals surface area contributed by atoms with Gasteiger partial charge < -0.3 is 53.6 Å². The topological polar surface area (TPSA) is 461 Å². The zero-order valence-corrected chi connectivity index (χ0v) is 46.3. The van der Waals surface area contributed by atoms with Gasteiger partial charge in [-0.1, -0.05) is 24.3 Å². The van der Waals surface area contributed by atoms with Crippen LogP contribution in [0.5, 0.6) is 0 Å². The maximum absolute atomic E-state index is 14.4. The summed E-state index contributed by atoms with van der Waals surface area (Å²) in [5, 5.41) is 46.7. The molecule has 0 bridgehead atoms. The van der Waals surface area contributed by atoms with E-state index in [1.807, 2.05) is 0 Å². The van der Waals surface area contributed by atoms with Gasteiger partial charge >= 0.3 is 23.3 Å². The number of carboxylic acid groups (broad SMARTS) is 2. The molecule has 456 valence electrons. The number of nitrogens with two attached hydrogens (primary N) is 2. The fourth-order valence-electron chi connectivity index (χ4n) is 10.5. The maximum atomic E-state index is 14.4. The molecular formula is C58H46F2N16O14. The van der Waals surface area contributed by atoms with Gasteiger partial charge in [-0.2, -0.15) is 0 Å². The predicted octanol–water partition coefficient (Wildman–Crippen LogP) is 0.785. The number of amides is 4. The molecule has 10 aromatic rings. The van der Waals surface area contributed by atoms with E-state index in [9.17, 15) is 76.5 Å². The Kier molecular flexibility index (Phi) is 15.7. The van der Waals surface area contributed by atoms with E-state index < -0.39 is 92.4 Å². The van der Waals surface area contributed by atoms with E-state index in [0.29, 0.717) is 36.8 Å². The average Bonchev–Trinajstić information content (AvgIpc) is 1.73. The van der Waals surface area contributed by atoms with Crippen LogP contribution in [-0.4, -0.2) is 84.9 Å². The fourth-order valence-corrected chi connectivity index (χ4v) is 10.5. The second-order valence-corrected chi connectivity index (χ2v) is 20.8. The normalized spacial score (nSPS) is 13.9. The van der Waals surface area contributed by atoms with Crippen LogP contribution >= 0.6 is 0 Å². The second kappa shape index (κ2) is 23.8. The number of anilines is 4. The molecule has 12 rings (SSSR count). The molecule has 2 aliphatic carbocycles. The van der Waals surface area contributed by atoms with Crippen molar-refractivity contribution in [3.05, 3.63) is 237 Å². The molecule has 2 aliphatic rings. The first-order chi connectivity index (χ1) is 43.0. The lowest BCUT2D eigenvalue weighted by Crippen LogP contribution is -2.37. The van der Waals surface area contributed by atoms with E-state index in [4.69, 9.17) is 11.5 Å². The molecule has 6 aromatic carbocycles. The number of nitrogen functional groups attached to an aromatic ring is 2. The van der Waals surface area contributed by atoms with Gasteiger partial charge in [0, 0.05) is 37.3 Å². The Hall–Kier alpha value is -12.4. The Bertz CT molecular complexity index is 4980. The summed E-state index contributed by atoms with van der Waals surface area (Å²) < 4.78 is 30.6. The number of hydrogen-bond acceptors (Lipinski definition) is 20. The highest BCUT2D eigenvalue weighted by Gasteiger charge is 2.30. The highest BCUT2D eigenvalue weighted by Crippen LogP contribution is 2.34. The van der Waals surface area contributed by atoms with E-state index in [1.54, 1.807) is 24.3 Å². The Labute approximate surface area is 499 Å². The number of nitrogens with zero attached hydrogens (tertiary/aromatic N) is 6. The molecule has 0 saturated carbocycles. The lowest BCUT2D eigenvalue weighted by molar-refractivity contribution is 0.0686. The number of aromatic amines is 2. The van der Waals surface area contributed by atoms with Crippen LogP contribution in [0.15, 0.2) is 114 Å². The third-order valence-electron chi connectivity index (χ3n) is 15.2. The Balaban J connectivity index is 0.000000185. The second-order valence-electron chi connectivity index (χ2n) is 20.8. The monoisotopic (exact) mass is 1230 g/mol. The number of aromatic nitrogens is 8. The highest BCUT2D eigenvalue weighted by atomic mass is 19.1. The zero-order chi connectivity index (χ0) is 64.0. The molecule has 0 aliphatic heterocycles. The molecule has 4 heterocycles. The predicted molar refractivity (Wildman–Crippen MR) is 312 cm³/mol. The molecule has 32 heteroatoms. The van der Waals surface area contributed by atoms with Crippen LogP contribution in [0.2, 0.25) is 0 Å². The molecule has 0 spiro atoms. The van der Waals surface area contributed by atoms with Gasteiger partial charge in [-0.15, -0.1) is 10.2 Å². The average molecular weight is 1230 g/mol. The first kappa shape index (κ1) is 59.4. The van der Waals surface area contributed by atoms with Crippen molar-refractivity contribution in [1.29, 1.82) is 0 Å². The number of fused-ring (bicyclic) bond motifs is 4. The number of carboxylic acids is 2. The smallest absolute Gasteiger partial charge is 0.349 e. The minimum Gasteiger partial charge on any atom is -0.478 e. The van der Waals surface area contributed by atoms with Gasteiger partial charge in [-0.3, -0.25) is 38.4 Å². The summed E-state index contributed by atoms with van der Waals surface area (Å²) >= 11 is 0. The molecule has 0 radical (unpaired) electrons. The van der Waals surface area contributed by atoms with Crippen LogP contribution in [0, 0.1) is 11.6 Å². The van der Waals surface area contributed by atoms with E-state index in [-0.39, 0.29) is 106 Å². The van der Waals surface area contributed by atoms with Crippen LogP contribution in [0.25, 0.3) is 11.6 Å². The lowest BCUT2D eigenvalue weighted by Gasteiger charge is -2.15. The summed E-state index contributed by atoms with van der Waals surface area (Å²) in [6.45, 7) is -0.473. The number of H-pyrrole nitrogens is 2. The van der Waals surface area contributed by atoms with Gasteiger partial charge in [0.25, 0.3) is 56.9 Å². The first-order valence-corrected chi connectivity index (χ1v) is 27.1. The largest absolute Gasteiger partial charge is 0.478 e. The van der Waals surface area contributed by atoms with E-state index >= 15 is 0 Å². The maximum Gasteiger partial charge on any atom is 0.349 e. The number of benzene rings is 4. The van der Waals surface area contributed by atoms with Crippen molar-refractivity contribution in [3.8, 4) is 0 Å². The van der Waals surface area contributed by atoms with Crippen molar-refractivity contribution in [1.82, 2.24) is 60.4 Å². The van der Waals surface area contributed by atoms with Gasteiger partial charge in [0.15, 0.2) is 0 Å². The molecular weight excluding hydrogens is 1180 g/mol. The summed E-state index contributed by atoms with van der Waals surface area (Å²) in [5.41, 5.74) is 9.47. The van der Waals surface area contributed by atoms with E-state index in [1.165, 1.54) is 48.5 Å². The quantitative estimate of drug-likeness (QED) is 0.0528. The SMILES string of the molecule is Nc1c(NCc2cc(CNC(=O)c3cc(C(=O)N[C@H]4CCc5cc(C(=O)O)ccc54)n4c(=O)[nH]nc4n3)ccc2F)c(=O)c1=O.Nc1c(NCc2cc(CNC(=O)c3cc(C(=O)N[C@H]4CCc5cc(C(=O)O)ccc54)nc4n[nH]c(=O)n34)ccc2F)c(=O)c1=O. The molecule has 14 N–H and O–H groups in total. The summed E-state index contributed by atoms with van der Waals surface area (Å²) in [7, 11) is 0. The summed E-state index contributed by atoms with van der Waals surface area (Å²) in [5.74, 6) is -6.53. The first-order valence-electron chi connectivity index (χ1n) is 27.1. The van der Waals surface area contributed by atoms with Crippen LogP contribution in [-0.2, 0) is 39.0 Å². The van der Waals surface area contributed by atoms with Crippen molar-refractivity contribution in [3.63, 3.8) is 0 Å². The summed E-state index contributed by atoms with van der Waals surface area (Å²) in [4.78, 5) is 155. The fraction of sp³-hybridized carbons (Fsp3) is 0.172. The number of aromatic carboxylic acids is 2. The minimum absolute atomic E-state index is 0.0761. The third-order valence-corrected chi connectivity index (χ3v) is 15.2. The number of aryl methyl sites for hydroxylation is 2.